The maximum atomic E-state index is 12.2. The standard InChI is InChI=1S/C16H20N2O4/c1-11(19)18-8-7-12-5-3-4-6-13(12)14(18)9-15(20)17(2)10-16(21)22/h3-6,14H,7-10H2,1-2H3,(H,21,22). The van der Waals surface area contributed by atoms with Crippen molar-refractivity contribution in [2.24, 2.45) is 0 Å². The SMILES string of the molecule is CC(=O)N1CCc2ccccc2C1CC(=O)N(C)CC(=O)O. The quantitative estimate of drug-likeness (QED) is 0.902. The first kappa shape index (κ1) is 16.0. The Balaban J connectivity index is 2.23. The first-order valence-electron chi connectivity index (χ1n) is 7.21. The van der Waals surface area contributed by atoms with E-state index in [0.717, 1.165) is 17.5 Å². The molecule has 0 radical (unpaired) electrons. The number of likely N-dealkylation sites (N-methyl/N-ethyl adjacent to an activating group) is 1. The summed E-state index contributed by atoms with van der Waals surface area (Å²) in [6, 6.07) is 7.44. The van der Waals surface area contributed by atoms with E-state index in [1.54, 1.807) is 4.90 Å². The van der Waals surface area contributed by atoms with Gasteiger partial charge in [-0.1, -0.05) is 24.3 Å². The minimum absolute atomic E-state index is 0.0757. The van der Waals surface area contributed by atoms with Gasteiger partial charge < -0.3 is 14.9 Å². The maximum absolute atomic E-state index is 12.2. The normalized spacial score (nSPS) is 16.8. The molecule has 1 aliphatic rings. The number of benzene rings is 1. The van der Waals surface area contributed by atoms with Gasteiger partial charge in [0, 0.05) is 20.5 Å². The first-order chi connectivity index (χ1) is 10.4. The summed E-state index contributed by atoms with van der Waals surface area (Å²) < 4.78 is 0. The fourth-order valence-corrected chi connectivity index (χ4v) is 2.86. The van der Waals surface area contributed by atoms with E-state index < -0.39 is 5.97 Å². The summed E-state index contributed by atoms with van der Waals surface area (Å²) in [6.07, 6.45) is 0.867. The summed E-state index contributed by atoms with van der Waals surface area (Å²) in [5.41, 5.74) is 2.11. The van der Waals surface area contributed by atoms with E-state index in [2.05, 4.69) is 0 Å². The highest BCUT2D eigenvalue weighted by Crippen LogP contribution is 2.32. The Hall–Kier alpha value is -2.37. The zero-order valence-corrected chi connectivity index (χ0v) is 12.8. The molecule has 1 unspecified atom stereocenters. The molecule has 2 rings (SSSR count). The number of aliphatic carboxylic acids is 1. The molecule has 1 aromatic carbocycles. The van der Waals surface area contributed by atoms with E-state index in [4.69, 9.17) is 5.11 Å². The van der Waals surface area contributed by atoms with Crippen LogP contribution >= 0.6 is 0 Å². The van der Waals surface area contributed by atoms with Crippen LogP contribution < -0.4 is 0 Å². The maximum Gasteiger partial charge on any atom is 0.323 e. The van der Waals surface area contributed by atoms with E-state index >= 15 is 0 Å². The van der Waals surface area contributed by atoms with Gasteiger partial charge in [-0.3, -0.25) is 14.4 Å². The second-order valence-corrected chi connectivity index (χ2v) is 5.52. The van der Waals surface area contributed by atoms with Crippen LogP contribution in [-0.2, 0) is 20.8 Å². The van der Waals surface area contributed by atoms with Crippen LogP contribution in [-0.4, -0.2) is 52.8 Å². The monoisotopic (exact) mass is 304 g/mol. The highest BCUT2D eigenvalue weighted by molar-refractivity contribution is 5.82. The molecule has 0 aliphatic carbocycles. The van der Waals surface area contributed by atoms with Crippen LogP contribution in [0, 0.1) is 0 Å². The highest BCUT2D eigenvalue weighted by atomic mass is 16.4. The number of nitrogens with zero attached hydrogens (tertiary/aromatic N) is 2. The lowest BCUT2D eigenvalue weighted by molar-refractivity contribution is -0.144. The second-order valence-electron chi connectivity index (χ2n) is 5.52. The molecule has 1 aromatic rings. The minimum Gasteiger partial charge on any atom is -0.480 e. The third-order valence-electron chi connectivity index (χ3n) is 3.98. The molecule has 6 heteroatoms. The van der Waals surface area contributed by atoms with Crippen molar-refractivity contribution in [3.05, 3.63) is 35.4 Å². The van der Waals surface area contributed by atoms with Crippen molar-refractivity contribution in [2.45, 2.75) is 25.8 Å². The molecular formula is C16H20N2O4. The summed E-state index contributed by atoms with van der Waals surface area (Å²) in [5, 5.41) is 8.78. The van der Waals surface area contributed by atoms with Gasteiger partial charge in [0.05, 0.1) is 12.5 Å². The molecule has 0 saturated heterocycles. The third-order valence-corrected chi connectivity index (χ3v) is 3.98. The Morgan fingerprint density at radius 3 is 2.64 bits per heavy atom. The number of carboxylic acids is 1. The summed E-state index contributed by atoms with van der Waals surface area (Å²) in [7, 11) is 1.46. The minimum atomic E-state index is -1.05. The largest absolute Gasteiger partial charge is 0.480 e. The fourth-order valence-electron chi connectivity index (χ4n) is 2.86. The smallest absolute Gasteiger partial charge is 0.323 e. The molecule has 118 valence electrons. The predicted molar refractivity (Wildman–Crippen MR) is 80.2 cm³/mol. The molecule has 22 heavy (non-hydrogen) atoms. The Morgan fingerprint density at radius 2 is 2.00 bits per heavy atom. The van der Waals surface area contributed by atoms with Crippen LogP contribution in [0.1, 0.15) is 30.5 Å². The zero-order chi connectivity index (χ0) is 16.3. The molecule has 0 spiro atoms. The van der Waals surface area contributed by atoms with Crippen LogP contribution in [0.15, 0.2) is 24.3 Å². The van der Waals surface area contributed by atoms with E-state index in [0.29, 0.717) is 6.54 Å². The number of amides is 2. The summed E-state index contributed by atoms with van der Waals surface area (Å²) in [6.45, 7) is 1.73. The van der Waals surface area contributed by atoms with Gasteiger partial charge in [-0.25, -0.2) is 0 Å². The number of fused-ring (bicyclic) bond motifs is 1. The lowest BCUT2D eigenvalue weighted by Gasteiger charge is -2.37. The lowest BCUT2D eigenvalue weighted by atomic mass is 9.90. The number of carbonyl (C=O) groups excluding carboxylic acids is 2. The van der Waals surface area contributed by atoms with E-state index in [1.165, 1.54) is 18.9 Å². The van der Waals surface area contributed by atoms with E-state index in [9.17, 15) is 14.4 Å². The van der Waals surface area contributed by atoms with Crippen molar-refractivity contribution < 1.29 is 19.5 Å². The molecule has 0 bridgehead atoms. The van der Waals surface area contributed by atoms with Crippen molar-refractivity contribution in [1.29, 1.82) is 0 Å². The van der Waals surface area contributed by atoms with Gasteiger partial charge in [0.2, 0.25) is 11.8 Å². The molecule has 0 fully saturated rings. The Bertz CT molecular complexity index is 600. The van der Waals surface area contributed by atoms with Gasteiger partial charge in [-0.15, -0.1) is 0 Å². The molecule has 2 amide bonds. The molecule has 1 N–H and O–H groups in total. The van der Waals surface area contributed by atoms with Crippen LogP contribution in [0.25, 0.3) is 0 Å². The molecule has 6 nitrogen and oxygen atoms in total. The van der Waals surface area contributed by atoms with Crippen molar-refractivity contribution >= 4 is 17.8 Å². The van der Waals surface area contributed by atoms with Gasteiger partial charge in [0.15, 0.2) is 0 Å². The van der Waals surface area contributed by atoms with Gasteiger partial charge in [0.25, 0.3) is 0 Å². The summed E-state index contributed by atoms with van der Waals surface area (Å²) >= 11 is 0. The first-order valence-corrected chi connectivity index (χ1v) is 7.21. The van der Waals surface area contributed by atoms with Gasteiger partial charge in [0.1, 0.15) is 6.54 Å². The van der Waals surface area contributed by atoms with E-state index in [-0.39, 0.29) is 30.8 Å². The Morgan fingerprint density at radius 1 is 1.32 bits per heavy atom. The number of carboxylic acid groups (broad SMARTS) is 1. The molecule has 0 saturated carbocycles. The predicted octanol–water partition coefficient (Wildman–Crippen LogP) is 1.07. The molecule has 1 heterocycles. The Labute approximate surface area is 129 Å². The Kier molecular flexibility index (Phi) is 4.80. The molecule has 0 aromatic heterocycles. The number of hydrogen-bond donors (Lipinski definition) is 1. The lowest BCUT2D eigenvalue weighted by Crippen LogP contribution is -2.42. The number of carbonyl (C=O) groups is 3. The average Bonchev–Trinajstić information content (AvgIpc) is 2.46. The number of rotatable bonds is 4. The van der Waals surface area contributed by atoms with Crippen molar-refractivity contribution in [1.82, 2.24) is 9.80 Å². The molecule has 1 atom stereocenters. The van der Waals surface area contributed by atoms with Crippen LogP contribution in [0.5, 0.6) is 0 Å². The summed E-state index contributed by atoms with van der Waals surface area (Å²) in [4.78, 5) is 37.7. The van der Waals surface area contributed by atoms with Crippen LogP contribution in [0.4, 0.5) is 0 Å². The number of hydrogen-bond acceptors (Lipinski definition) is 3. The van der Waals surface area contributed by atoms with Crippen LogP contribution in [0.2, 0.25) is 0 Å². The van der Waals surface area contributed by atoms with Gasteiger partial charge in [-0.05, 0) is 17.5 Å². The second kappa shape index (κ2) is 6.60. The fraction of sp³-hybridized carbons (Fsp3) is 0.438. The molecular weight excluding hydrogens is 284 g/mol. The van der Waals surface area contributed by atoms with Crippen molar-refractivity contribution in [2.75, 3.05) is 20.1 Å². The van der Waals surface area contributed by atoms with Gasteiger partial charge >= 0.3 is 5.97 Å². The average molecular weight is 304 g/mol. The van der Waals surface area contributed by atoms with Crippen LogP contribution in [0.3, 0.4) is 0 Å². The zero-order valence-electron chi connectivity index (χ0n) is 12.8. The summed E-state index contributed by atoms with van der Waals surface area (Å²) in [5.74, 6) is -1.41. The highest BCUT2D eigenvalue weighted by Gasteiger charge is 2.31. The van der Waals surface area contributed by atoms with Gasteiger partial charge in [-0.2, -0.15) is 0 Å². The van der Waals surface area contributed by atoms with Crippen molar-refractivity contribution in [3.63, 3.8) is 0 Å². The molecule has 1 aliphatic heterocycles. The van der Waals surface area contributed by atoms with Crippen molar-refractivity contribution in [3.8, 4) is 0 Å². The van der Waals surface area contributed by atoms with E-state index in [1.807, 2.05) is 24.3 Å². The topological polar surface area (TPSA) is 77.9 Å². The third kappa shape index (κ3) is 3.44.